The maximum atomic E-state index is 12.0. The molecule has 0 bridgehead atoms. The Hall–Kier alpha value is -3.15. The molecule has 4 N–H and O–H groups in total. The topological polar surface area (TPSA) is 101 Å². The van der Waals surface area contributed by atoms with Gasteiger partial charge in [0.05, 0.1) is 6.54 Å². The van der Waals surface area contributed by atoms with Crippen molar-refractivity contribution in [2.75, 3.05) is 6.54 Å². The van der Waals surface area contributed by atoms with Crippen molar-refractivity contribution < 1.29 is 14.4 Å². The molecule has 1 atom stereocenters. The first-order valence-corrected chi connectivity index (χ1v) is 7.94. The minimum Gasteiger partial charge on any atom is -0.368 e. The molecule has 0 spiro atoms. The maximum absolute atomic E-state index is 12.0. The van der Waals surface area contributed by atoms with E-state index in [1.165, 1.54) is 0 Å². The molecule has 6 heteroatoms. The van der Waals surface area contributed by atoms with Crippen LogP contribution in [-0.2, 0) is 16.0 Å². The van der Waals surface area contributed by atoms with Crippen LogP contribution in [0.2, 0.25) is 0 Å². The molecule has 0 aliphatic rings. The third-order valence-electron chi connectivity index (χ3n) is 3.81. The molecule has 0 radical (unpaired) electrons. The van der Waals surface area contributed by atoms with E-state index >= 15 is 0 Å². The Kier molecular flexibility index (Phi) is 6.28. The molecule has 3 amide bonds. The van der Waals surface area contributed by atoms with E-state index in [1.54, 1.807) is 30.3 Å². The van der Waals surface area contributed by atoms with Crippen LogP contribution in [0.3, 0.4) is 0 Å². The van der Waals surface area contributed by atoms with Crippen LogP contribution in [0.5, 0.6) is 0 Å². The Labute approximate surface area is 146 Å². The number of carbonyl (C=O) groups is 3. The summed E-state index contributed by atoms with van der Waals surface area (Å²) >= 11 is 0. The highest BCUT2D eigenvalue weighted by molar-refractivity contribution is 5.97. The van der Waals surface area contributed by atoms with E-state index in [0.717, 1.165) is 11.1 Å². The lowest BCUT2D eigenvalue weighted by Crippen LogP contribution is -2.49. The highest BCUT2D eigenvalue weighted by atomic mass is 16.2. The first-order chi connectivity index (χ1) is 12.0. The summed E-state index contributed by atoms with van der Waals surface area (Å²) < 4.78 is 0. The molecule has 0 aliphatic carbocycles. The quantitative estimate of drug-likeness (QED) is 0.699. The molecule has 130 valence electrons. The Balaban J connectivity index is 1.91. The first-order valence-electron chi connectivity index (χ1n) is 7.94. The molecule has 2 aromatic carbocycles. The summed E-state index contributed by atoms with van der Waals surface area (Å²) in [7, 11) is 0. The smallest absolute Gasteiger partial charge is 0.251 e. The number of nitrogens with one attached hydrogen (secondary N) is 2. The molecular weight excluding hydrogens is 318 g/mol. The molecule has 25 heavy (non-hydrogen) atoms. The van der Waals surface area contributed by atoms with Crippen LogP contribution >= 0.6 is 0 Å². The van der Waals surface area contributed by atoms with Gasteiger partial charge >= 0.3 is 0 Å². The average Bonchev–Trinajstić information content (AvgIpc) is 2.61. The van der Waals surface area contributed by atoms with Crippen LogP contribution in [-0.4, -0.2) is 30.3 Å². The highest BCUT2D eigenvalue weighted by Gasteiger charge is 2.19. The van der Waals surface area contributed by atoms with Crippen molar-refractivity contribution in [1.82, 2.24) is 10.6 Å². The summed E-state index contributed by atoms with van der Waals surface area (Å²) in [6, 6.07) is 15.3. The Morgan fingerprint density at radius 2 is 1.64 bits per heavy atom. The molecule has 2 rings (SSSR count). The standard InChI is InChI=1S/C19H21N3O3/c1-13-7-5-6-10-15(13)11-16(18(20)24)22-17(23)12-21-19(25)14-8-3-2-4-9-14/h2-10,16H,11-12H2,1H3,(H2,20,24)(H,21,25)(H,22,23)/t16-/m1/s1. The lowest BCUT2D eigenvalue weighted by molar-refractivity contribution is -0.126. The summed E-state index contributed by atoms with van der Waals surface area (Å²) in [5.74, 6) is -1.45. The number of aryl methyl sites for hydroxylation is 1. The van der Waals surface area contributed by atoms with Gasteiger partial charge in [0.15, 0.2) is 0 Å². The van der Waals surface area contributed by atoms with E-state index < -0.39 is 17.9 Å². The fourth-order valence-corrected chi connectivity index (χ4v) is 2.38. The Morgan fingerprint density at radius 1 is 1.00 bits per heavy atom. The fourth-order valence-electron chi connectivity index (χ4n) is 2.38. The zero-order chi connectivity index (χ0) is 18.2. The first kappa shape index (κ1) is 18.2. The number of hydrogen-bond acceptors (Lipinski definition) is 3. The molecule has 0 heterocycles. The van der Waals surface area contributed by atoms with Crippen molar-refractivity contribution in [3.05, 3.63) is 71.3 Å². The SMILES string of the molecule is Cc1ccccc1C[C@@H](NC(=O)CNC(=O)c1ccccc1)C(N)=O. The van der Waals surface area contributed by atoms with Gasteiger partial charge in [0, 0.05) is 12.0 Å². The van der Waals surface area contributed by atoms with Crippen molar-refractivity contribution in [2.45, 2.75) is 19.4 Å². The predicted molar refractivity (Wildman–Crippen MR) is 94.8 cm³/mol. The van der Waals surface area contributed by atoms with E-state index in [-0.39, 0.29) is 12.5 Å². The second-order valence-electron chi connectivity index (χ2n) is 5.70. The van der Waals surface area contributed by atoms with Gasteiger partial charge in [-0.05, 0) is 30.2 Å². The van der Waals surface area contributed by atoms with Crippen LogP contribution in [0.1, 0.15) is 21.5 Å². The number of carbonyl (C=O) groups excluding carboxylic acids is 3. The van der Waals surface area contributed by atoms with E-state index in [0.29, 0.717) is 12.0 Å². The molecule has 0 saturated carbocycles. The van der Waals surface area contributed by atoms with Gasteiger partial charge in [-0.25, -0.2) is 0 Å². The number of nitrogens with two attached hydrogens (primary N) is 1. The predicted octanol–water partition coefficient (Wildman–Crippen LogP) is 0.938. The minimum atomic E-state index is -0.831. The molecular formula is C19H21N3O3. The number of primary amides is 1. The minimum absolute atomic E-state index is 0.231. The number of hydrogen-bond donors (Lipinski definition) is 3. The van der Waals surface area contributed by atoms with Crippen molar-refractivity contribution in [3.63, 3.8) is 0 Å². The van der Waals surface area contributed by atoms with Gasteiger partial charge in [-0.1, -0.05) is 42.5 Å². The number of rotatable bonds is 7. The van der Waals surface area contributed by atoms with Gasteiger partial charge in [-0.15, -0.1) is 0 Å². The molecule has 6 nitrogen and oxygen atoms in total. The molecule has 0 unspecified atom stereocenters. The molecule has 0 fully saturated rings. The Bertz CT molecular complexity index is 760. The summed E-state index contributed by atoms with van der Waals surface area (Å²) in [5.41, 5.74) is 7.79. The lowest BCUT2D eigenvalue weighted by Gasteiger charge is -2.17. The van der Waals surface area contributed by atoms with Crippen LogP contribution < -0.4 is 16.4 Å². The molecule has 2 aromatic rings. The molecule has 0 aliphatic heterocycles. The Morgan fingerprint density at radius 3 is 2.28 bits per heavy atom. The maximum Gasteiger partial charge on any atom is 0.251 e. The van der Waals surface area contributed by atoms with Crippen molar-refractivity contribution in [3.8, 4) is 0 Å². The number of amides is 3. The van der Waals surface area contributed by atoms with Crippen molar-refractivity contribution in [1.29, 1.82) is 0 Å². The largest absolute Gasteiger partial charge is 0.368 e. The average molecular weight is 339 g/mol. The van der Waals surface area contributed by atoms with Gasteiger partial charge in [0.2, 0.25) is 11.8 Å². The van der Waals surface area contributed by atoms with E-state index in [2.05, 4.69) is 10.6 Å². The van der Waals surface area contributed by atoms with Gasteiger partial charge in [-0.2, -0.15) is 0 Å². The number of benzene rings is 2. The van der Waals surface area contributed by atoms with Crippen molar-refractivity contribution >= 4 is 17.7 Å². The van der Waals surface area contributed by atoms with E-state index in [1.807, 2.05) is 31.2 Å². The van der Waals surface area contributed by atoms with Crippen LogP contribution in [0.25, 0.3) is 0 Å². The van der Waals surface area contributed by atoms with E-state index in [9.17, 15) is 14.4 Å². The second-order valence-corrected chi connectivity index (χ2v) is 5.70. The van der Waals surface area contributed by atoms with Gasteiger partial charge in [0.1, 0.15) is 6.04 Å². The van der Waals surface area contributed by atoms with Crippen LogP contribution in [0.4, 0.5) is 0 Å². The van der Waals surface area contributed by atoms with Gasteiger partial charge in [0.25, 0.3) is 5.91 Å². The lowest BCUT2D eigenvalue weighted by atomic mass is 10.0. The third kappa shape index (κ3) is 5.46. The molecule has 0 saturated heterocycles. The molecule has 0 aromatic heterocycles. The van der Waals surface area contributed by atoms with Crippen molar-refractivity contribution in [2.24, 2.45) is 5.73 Å². The zero-order valence-electron chi connectivity index (χ0n) is 14.0. The summed E-state index contributed by atoms with van der Waals surface area (Å²) in [4.78, 5) is 35.6. The van der Waals surface area contributed by atoms with Crippen LogP contribution in [0, 0.1) is 6.92 Å². The summed E-state index contributed by atoms with van der Waals surface area (Å²) in [5, 5.41) is 5.09. The highest BCUT2D eigenvalue weighted by Crippen LogP contribution is 2.09. The van der Waals surface area contributed by atoms with E-state index in [4.69, 9.17) is 5.73 Å². The monoisotopic (exact) mass is 339 g/mol. The van der Waals surface area contributed by atoms with Gasteiger partial charge < -0.3 is 16.4 Å². The third-order valence-corrected chi connectivity index (χ3v) is 3.81. The normalized spacial score (nSPS) is 11.4. The van der Waals surface area contributed by atoms with Gasteiger partial charge in [-0.3, -0.25) is 14.4 Å². The zero-order valence-corrected chi connectivity index (χ0v) is 14.0. The second kappa shape index (κ2) is 8.63. The summed E-state index contributed by atoms with van der Waals surface area (Å²) in [6.45, 7) is 1.70. The fraction of sp³-hybridized carbons (Fsp3) is 0.211. The summed E-state index contributed by atoms with van der Waals surface area (Å²) in [6.07, 6.45) is 0.306. The van der Waals surface area contributed by atoms with Crippen LogP contribution in [0.15, 0.2) is 54.6 Å².